The molecule has 0 aliphatic heterocycles. The highest BCUT2D eigenvalue weighted by Gasteiger charge is 2.23. The Morgan fingerprint density at radius 1 is 0.714 bits per heavy atom. The molecule has 0 radical (unpaired) electrons. The molecule has 4 aromatic rings. The fourth-order valence-corrected chi connectivity index (χ4v) is 4.62. The van der Waals surface area contributed by atoms with Crippen molar-refractivity contribution in [3.63, 3.8) is 0 Å². The lowest BCUT2D eigenvalue weighted by Gasteiger charge is -2.14. The van der Waals surface area contributed by atoms with E-state index in [0.717, 1.165) is 12.1 Å². The van der Waals surface area contributed by atoms with Gasteiger partial charge in [-0.2, -0.15) is 0 Å². The molecule has 0 saturated heterocycles. The number of nitrogens with zero attached hydrogens (tertiary/aromatic N) is 1. The second-order valence-corrected chi connectivity index (χ2v) is 8.60. The number of aryl methyl sites for hydroxylation is 2. The van der Waals surface area contributed by atoms with Crippen LogP contribution in [0.3, 0.4) is 0 Å². The Hall–Kier alpha value is -2.93. The first-order valence-electron chi connectivity index (χ1n) is 10.2. The van der Waals surface area contributed by atoms with Gasteiger partial charge in [0.15, 0.2) is 0 Å². The summed E-state index contributed by atoms with van der Waals surface area (Å²) >= 11 is 0. The first-order chi connectivity index (χ1) is 13.5. The SMILES string of the molecule is Cc1ccc2c(c1)-c1cc(CC(C)C)ccc1-c1cc(C)cc3ccnc-2c13. The quantitative estimate of drug-likeness (QED) is 0.319. The summed E-state index contributed by atoms with van der Waals surface area (Å²) in [6, 6.07) is 20.6. The minimum atomic E-state index is 0.644. The van der Waals surface area contributed by atoms with Crippen LogP contribution in [0.5, 0.6) is 0 Å². The number of aromatic nitrogens is 1. The topological polar surface area (TPSA) is 12.9 Å². The van der Waals surface area contributed by atoms with Crippen molar-refractivity contribution in [2.24, 2.45) is 5.92 Å². The molecule has 0 unspecified atom stereocenters. The van der Waals surface area contributed by atoms with E-state index in [4.69, 9.17) is 4.98 Å². The van der Waals surface area contributed by atoms with Gasteiger partial charge in [0.1, 0.15) is 0 Å². The van der Waals surface area contributed by atoms with Crippen LogP contribution in [0.1, 0.15) is 30.5 Å². The largest absolute Gasteiger partial charge is 0.256 e. The van der Waals surface area contributed by atoms with Crippen LogP contribution in [-0.2, 0) is 6.42 Å². The molecule has 0 fully saturated rings. The van der Waals surface area contributed by atoms with Gasteiger partial charge in [-0.1, -0.05) is 67.9 Å². The zero-order valence-electron chi connectivity index (χ0n) is 17.0. The standard InChI is InChI=1S/C27H25N/c1-16(2)11-19-6-8-21-24(15-19)23-13-17(3)5-7-22(23)27-26-20(9-10-28-27)12-18(4)14-25(21)26/h5-10,12-16H,11H2,1-4H3. The third-order valence-corrected chi connectivity index (χ3v) is 5.75. The van der Waals surface area contributed by atoms with Crippen molar-refractivity contribution in [3.05, 3.63) is 77.5 Å². The molecule has 0 atom stereocenters. The van der Waals surface area contributed by atoms with Crippen molar-refractivity contribution in [3.8, 4) is 33.5 Å². The Morgan fingerprint density at radius 3 is 2.29 bits per heavy atom. The van der Waals surface area contributed by atoms with E-state index in [-0.39, 0.29) is 0 Å². The molecular formula is C27H25N. The highest BCUT2D eigenvalue weighted by molar-refractivity contribution is 6.12. The summed E-state index contributed by atoms with van der Waals surface area (Å²) in [4.78, 5) is 4.85. The van der Waals surface area contributed by atoms with Crippen molar-refractivity contribution >= 4 is 10.8 Å². The smallest absolute Gasteiger partial charge is 0.0792 e. The van der Waals surface area contributed by atoms with Crippen molar-refractivity contribution in [2.45, 2.75) is 34.1 Å². The second kappa shape index (κ2) is 6.31. The molecule has 5 rings (SSSR count). The fraction of sp³-hybridized carbons (Fsp3) is 0.222. The van der Waals surface area contributed by atoms with E-state index in [1.165, 1.54) is 55.3 Å². The molecule has 1 heteroatoms. The zero-order valence-corrected chi connectivity index (χ0v) is 17.0. The van der Waals surface area contributed by atoms with Gasteiger partial charge >= 0.3 is 0 Å². The molecule has 0 bridgehead atoms. The van der Waals surface area contributed by atoms with E-state index in [1.807, 2.05) is 6.20 Å². The molecule has 1 aliphatic carbocycles. The highest BCUT2D eigenvalue weighted by Crippen LogP contribution is 2.47. The lowest BCUT2D eigenvalue weighted by atomic mass is 9.89. The molecule has 3 aromatic carbocycles. The monoisotopic (exact) mass is 363 g/mol. The number of fused-ring (bicyclic) bond motifs is 5. The van der Waals surface area contributed by atoms with Crippen LogP contribution >= 0.6 is 0 Å². The second-order valence-electron chi connectivity index (χ2n) is 8.60. The number of pyridine rings is 1. The van der Waals surface area contributed by atoms with Crippen LogP contribution < -0.4 is 0 Å². The van der Waals surface area contributed by atoms with Crippen LogP contribution in [-0.4, -0.2) is 4.98 Å². The first kappa shape index (κ1) is 17.2. The Balaban J connectivity index is 1.94. The molecule has 138 valence electrons. The van der Waals surface area contributed by atoms with Gasteiger partial charge < -0.3 is 0 Å². The molecule has 0 N–H and O–H groups in total. The minimum absolute atomic E-state index is 0.644. The summed E-state index contributed by atoms with van der Waals surface area (Å²) in [7, 11) is 0. The summed E-state index contributed by atoms with van der Waals surface area (Å²) in [5, 5.41) is 2.54. The number of benzene rings is 3. The van der Waals surface area contributed by atoms with Crippen molar-refractivity contribution < 1.29 is 0 Å². The molecule has 0 amide bonds. The van der Waals surface area contributed by atoms with Crippen LogP contribution in [0, 0.1) is 19.8 Å². The lowest BCUT2D eigenvalue weighted by Crippen LogP contribution is -1.96. The first-order valence-corrected chi connectivity index (χ1v) is 10.2. The van der Waals surface area contributed by atoms with E-state index < -0.39 is 0 Å². The maximum atomic E-state index is 4.85. The van der Waals surface area contributed by atoms with Crippen molar-refractivity contribution in [2.75, 3.05) is 0 Å². The molecule has 1 aliphatic rings. The average molecular weight is 364 g/mol. The third kappa shape index (κ3) is 2.65. The number of hydrogen-bond donors (Lipinski definition) is 0. The maximum absolute atomic E-state index is 4.85. The van der Waals surface area contributed by atoms with Crippen molar-refractivity contribution in [1.82, 2.24) is 4.98 Å². The predicted molar refractivity (Wildman–Crippen MR) is 120 cm³/mol. The molecule has 0 saturated carbocycles. The molecular weight excluding hydrogens is 338 g/mol. The van der Waals surface area contributed by atoms with Gasteiger partial charge in [0.05, 0.1) is 5.69 Å². The molecule has 28 heavy (non-hydrogen) atoms. The van der Waals surface area contributed by atoms with Gasteiger partial charge in [0.25, 0.3) is 0 Å². The van der Waals surface area contributed by atoms with Gasteiger partial charge in [0.2, 0.25) is 0 Å². The van der Waals surface area contributed by atoms with Crippen LogP contribution in [0.25, 0.3) is 44.3 Å². The third-order valence-electron chi connectivity index (χ3n) is 5.75. The summed E-state index contributed by atoms with van der Waals surface area (Å²) < 4.78 is 0. The summed E-state index contributed by atoms with van der Waals surface area (Å²) in [6.07, 6.45) is 3.05. The predicted octanol–water partition coefficient (Wildman–Crippen LogP) is 7.36. The Labute approximate surface area is 167 Å². The van der Waals surface area contributed by atoms with Gasteiger partial charge in [-0.05, 0) is 71.0 Å². The van der Waals surface area contributed by atoms with Gasteiger partial charge in [-0.3, -0.25) is 4.98 Å². The summed E-state index contributed by atoms with van der Waals surface area (Å²) in [6.45, 7) is 8.93. The Bertz CT molecular complexity index is 1230. The van der Waals surface area contributed by atoms with E-state index in [1.54, 1.807) is 0 Å². The Kier molecular flexibility index (Phi) is 3.87. The van der Waals surface area contributed by atoms with Crippen LogP contribution in [0.4, 0.5) is 0 Å². The van der Waals surface area contributed by atoms with Gasteiger partial charge in [-0.25, -0.2) is 0 Å². The number of hydrogen-bond acceptors (Lipinski definition) is 1. The number of rotatable bonds is 2. The van der Waals surface area contributed by atoms with Gasteiger partial charge in [-0.15, -0.1) is 0 Å². The molecule has 1 aromatic heterocycles. The van der Waals surface area contributed by atoms with E-state index in [2.05, 4.69) is 82.3 Å². The molecule has 1 nitrogen and oxygen atoms in total. The van der Waals surface area contributed by atoms with Crippen LogP contribution in [0.2, 0.25) is 0 Å². The lowest BCUT2D eigenvalue weighted by molar-refractivity contribution is 0.647. The van der Waals surface area contributed by atoms with Gasteiger partial charge in [0, 0.05) is 17.1 Å². The minimum Gasteiger partial charge on any atom is -0.256 e. The zero-order chi connectivity index (χ0) is 19.4. The van der Waals surface area contributed by atoms with E-state index >= 15 is 0 Å². The Morgan fingerprint density at radius 2 is 1.46 bits per heavy atom. The molecule has 1 heterocycles. The average Bonchev–Trinajstić information content (AvgIpc) is 2.76. The molecule has 0 spiro atoms. The van der Waals surface area contributed by atoms with E-state index in [9.17, 15) is 0 Å². The highest BCUT2D eigenvalue weighted by atomic mass is 14.7. The summed E-state index contributed by atoms with van der Waals surface area (Å²) in [5.74, 6) is 0.644. The fourth-order valence-electron chi connectivity index (χ4n) is 4.62. The maximum Gasteiger partial charge on any atom is 0.0792 e. The van der Waals surface area contributed by atoms with Crippen molar-refractivity contribution in [1.29, 1.82) is 0 Å². The summed E-state index contributed by atoms with van der Waals surface area (Å²) in [5.41, 5.74) is 11.6. The van der Waals surface area contributed by atoms with Crippen LogP contribution in [0.15, 0.2) is 60.8 Å². The normalized spacial score (nSPS) is 12.0. The van der Waals surface area contributed by atoms with E-state index in [0.29, 0.717) is 5.92 Å².